The molecule has 12 heteroatoms. The molecule has 0 atom stereocenters. The molecule has 4 N–H and O–H groups in total. The van der Waals surface area contributed by atoms with Crippen molar-refractivity contribution in [3.05, 3.63) is 96.2 Å². The number of anilines is 1. The van der Waals surface area contributed by atoms with Gasteiger partial charge in [0.1, 0.15) is 23.6 Å². The van der Waals surface area contributed by atoms with E-state index in [9.17, 15) is 4.57 Å². The molecule has 36 heavy (non-hydrogen) atoms. The molecular formula is C24H23N5O6P+. The highest BCUT2D eigenvalue weighted by Crippen LogP contribution is 2.35. The standard InChI is InChI=1S/C24H22N5O6P/c25-24-21(2-1-9-29(24)16-34-36(30,31)32)22-14-19(27-35-22)12-17-3-5-20(6-4-17)33-15-18-7-10-28-11-8-26-23(28)13-18/h1-11,13-14,25H,12,15-16H2,(H2,30,31,32)/p+1. The van der Waals surface area contributed by atoms with Gasteiger partial charge in [-0.1, -0.05) is 17.3 Å². The van der Waals surface area contributed by atoms with Crippen molar-refractivity contribution in [3.63, 3.8) is 0 Å². The molecule has 0 saturated heterocycles. The number of hydrogen-bond donors (Lipinski definition) is 3. The molecule has 0 bridgehead atoms. The van der Waals surface area contributed by atoms with Gasteiger partial charge in [0.2, 0.25) is 6.73 Å². The lowest BCUT2D eigenvalue weighted by atomic mass is 10.1. The fraction of sp³-hybridized carbons (Fsp3) is 0.125. The van der Waals surface area contributed by atoms with Crippen LogP contribution in [-0.4, -0.2) is 24.3 Å². The molecule has 4 aromatic heterocycles. The van der Waals surface area contributed by atoms with Crippen molar-refractivity contribution in [1.29, 1.82) is 0 Å². The van der Waals surface area contributed by atoms with E-state index >= 15 is 0 Å². The fourth-order valence-corrected chi connectivity index (χ4v) is 3.94. The minimum absolute atomic E-state index is 0.224. The monoisotopic (exact) mass is 508 g/mol. The Morgan fingerprint density at radius 1 is 1.08 bits per heavy atom. The normalized spacial score (nSPS) is 11.7. The number of ether oxygens (including phenoxy) is 1. The molecule has 0 aliphatic heterocycles. The fourth-order valence-electron chi connectivity index (χ4n) is 3.67. The van der Waals surface area contributed by atoms with E-state index in [4.69, 9.17) is 24.8 Å². The van der Waals surface area contributed by atoms with Crippen molar-refractivity contribution in [2.24, 2.45) is 0 Å². The van der Waals surface area contributed by atoms with E-state index in [2.05, 4.69) is 14.7 Å². The Labute approximate surface area is 205 Å². The number of nitrogens with two attached hydrogens (primary N) is 1. The first-order valence-corrected chi connectivity index (χ1v) is 12.4. The SMILES string of the molecule is Nc1c(-c2cc(Cc3ccc(OCc4ccn5ccnc5c4)cc3)no2)ccc[n+]1COP(=O)(O)O. The number of aromatic nitrogens is 4. The predicted molar refractivity (Wildman–Crippen MR) is 128 cm³/mol. The minimum Gasteiger partial charge on any atom is -0.489 e. The minimum atomic E-state index is -4.63. The smallest absolute Gasteiger partial charge is 0.472 e. The van der Waals surface area contributed by atoms with E-state index in [1.165, 1.54) is 4.57 Å². The van der Waals surface area contributed by atoms with Crippen LogP contribution in [0.5, 0.6) is 5.75 Å². The van der Waals surface area contributed by atoms with Crippen LogP contribution in [0.25, 0.3) is 17.0 Å². The third-order valence-corrected chi connectivity index (χ3v) is 5.93. The molecule has 0 aliphatic carbocycles. The highest BCUT2D eigenvalue weighted by atomic mass is 31.2. The van der Waals surface area contributed by atoms with Gasteiger partial charge in [0.15, 0.2) is 5.76 Å². The van der Waals surface area contributed by atoms with Crippen molar-refractivity contribution >= 4 is 19.3 Å². The number of phosphoric acid groups is 1. The van der Waals surface area contributed by atoms with Gasteiger partial charge in [-0.15, -0.1) is 0 Å². The Morgan fingerprint density at radius 3 is 2.72 bits per heavy atom. The van der Waals surface area contributed by atoms with Crippen LogP contribution in [0.1, 0.15) is 16.8 Å². The summed E-state index contributed by atoms with van der Waals surface area (Å²) in [4.78, 5) is 22.1. The summed E-state index contributed by atoms with van der Waals surface area (Å²) >= 11 is 0. The maximum Gasteiger partial charge on any atom is 0.472 e. The van der Waals surface area contributed by atoms with Crippen LogP contribution < -0.4 is 15.0 Å². The number of hydrogen-bond acceptors (Lipinski definition) is 7. The van der Waals surface area contributed by atoms with Gasteiger partial charge in [0.05, 0.1) is 11.9 Å². The van der Waals surface area contributed by atoms with Crippen LogP contribution in [0.2, 0.25) is 0 Å². The van der Waals surface area contributed by atoms with Crippen LogP contribution in [0.3, 0.4) is 0 Å². The molecule has 1 aromatic carbocycles. The summed E-state index contributed by atoms with van der Waals surface area (Å²) in [6.45, 7) is 0.0321. The van der Waals surface area contributed by atoms with Gasteiger partial charge >= 0.3 is 7.82 Å². The van der Waals surface area contributed by atoms with Crippen LogP contribution in [0.4, 0.5) is 5.82 Å². The quantitative estimate of drug-likeness (QED) is 0.202. The molecule has 0 fully saturated rings. The number of nitrogens with zero attached hydrogens (tertiary/aromatic N) is 4. The second-order valence-electron chi connectivity index (χ2n) is 8.05. The maximum atomic E-state index is 11.0. The third kappa shape index (κ3) is 5.61. The van der Waals surface area contributed by atoms with E-state index < -0.39 is 14.6 Å². The molecule has 0 amide bonds. The maximum absolute atomic E-state index is 11.0. The number of rotatable bonds is 9. The van der Waals surface area contributed by atoms with Crippen molar-refractivity contribution in [2.45, 2.75) is 19.8 Å². The Bertz CT molecular complexity index is 1540. The topological polar surface area (TPSA) is 149 Å². The number of benzene rings is 1. The first-order chi connectivity index (χ1) is 17.3. The summed E-state index contributed by atoms with van der Waals surface area (Å²) in [5.74, 6) is 1.41. The number of phosphoric ester groups is 1. The lowest BCUT2D eigenvalue weighted by Gasteiger charge is -2.07. The molecular weight excluding hydrogens is 485 g/mol. The Morgan fingerprint density at radius 2 is 1.92 bits per heavy atom. The van der Waals surface area contributed by atoms with E-state index in [-0.39, 0.29) is 5.82 Å². The van der Waals surface area contributed by atoms with Gasteiger partial charge in [-0.3, -0.25) is 5.73 Å². The molecule has 0 spiro atoms. The summed E-state index contributed by atoms with van der Waals surface area (Å²) in [6.07, 6.45) is 7.69. The molecule has 0 radical (unpaired) electrons. The van der Waals surface area contributed by atoms with Gasteiger partial charge in [0.25, 0.3) is 5.82 Å². The average Bonchev–Trinajstić information content (AvgIpc) is 3.52. The largest absolute Gasteiger partial charge is 0.489 e. The highest BCUT2D eigenvalue weighted by Gasteiger charge is 2.20. The lowest BCUT2D eigenvalue weighted by molar-refractivity contribution is -0.711. The molecule has 0 saturated carbocycles. The van der Waals surface area contributed by atoms with Crippen molar-refractivity contribution < 1.29 is 32.7 Å². The number of pyridine rings is 2. The van der Waals surface area contributed by atoms with Gasteiger partial charge < -0.3 is 23.4 Å². The average molecular weight is 508 g/mol. The zero-order valence-electron chi connectivity index (χ0n) is 19.0. The molecule has 0 unspecified atom stereocenters. The second-order valence-corrected chi connectivity index (χ2v) is 9.28. The first kappa shape index (κ1) is 23.7. The Kier molecular flexibility index (Phi) is 6.53. The molecule has 5 rings (SSSR count). The van der Waals surface area contributed by atoms with E-state index in [1.807, 2.05) is 53.2 Å². The lowest BCUT2D eigenvalue weighted by Crippen LogP contribution is -2.38. The summed E-state index contributed by atoms with van der Waals surface area (Å²) in [5.41, 5.74) is 10.3. The number of nitrogen functional groups attached to an aromatic ring is 1. The zero-order valence-corrected chi connectivity index (χ0v) is 19.9. The zero-order chi connectivity index (χ0) is 25.1. The van der Waals surface area contributed by atoms with E-state index in [1.54, 1.807) is 30.6 Å². The van der Waals surface area contributed by atoms with E-state index in [0.717, 1.165) is 22.5 Å². The Hall–Kier alpha value is -4.02. The van der Waals surface area contributed by atoms with Crippen LogP contribution in [0, 0.1) is 0 Å². The van der Waals surface area contributed by atoms with Gasteiger partial charge in [-0.2, -0.15) is 0 Å². The summed E-state index contributed by atoms with van der Waals surface area (Å²) < 4.78 is 30.2. The summed E-state index contributed by atoms with van der Waals surface area (Å²) in [7, 11) is -4.63. The first-order valence-electron chi connectivity index (χ1n) is 10.9. The highest BCUT2D eigenvalue weighted by molar-refractivity contribution is 7.46. The van der Waals surface area contributed by atoms with Gasteiger partial charge in [-0.05, 0) is 47.5 Å². The third-order valence-electron chi connectivity index (χ3n) is 5.48. The van der Waals surface area contributed by atoms with Crippen LogP contribution >= 0.6 is 7.82 Å². The summed E-state index contributed by atoms with van der Waals surface area (Å²) in [6, 6.07) is 16.9. The van der Waals surface area contributed by atoms with Crippen LogP contribution in [0.15, 0.2) is 83.9 Å². The van der Waals surface area contributed by atoms with Crippen molar-refractivity contribution in [2.75, 3.05) is 5.73 Å². The molecule has 184 valence electrons. The van der Waals surface area contributed by atoms with Crippen molar-refractivity contribution in [3.8, 4) is 17.1 Å². The summed E-state index contributed by atoms with van der Waals surface area (Å²) in [5, 5.41) is 4.13. The van der Waals surface area contributed by atoms with Crippen LogP contribution in [-0.2, 0) is 28.8 Å². The van der Waals surface area contributed by atoms with Gasteiger partial charge in [0, 0.05) is 31.1 Å². The number of fused-ring (bicyclic) bond motifs is 1. The van der Waals surface area contributed by atoms with Gasteiger partial charge in [-0.25, -0.2) is 18.6 Å². The Balaban J connectivity index is 1.21. The van der Waals surface area contributed by atoms with Crippen molar-refractivity contribution in [1.82, 2.24) is 14.5 Å². The second kappa shape index (κ2) is 9.92. The number of imidazole rings is 1. The molecule has 4 heterocycles. The molecule has 11 nitrogen and oxygen atoms in total. The van der Waals surface area contributed by atoms with E-state index in [0.29, 0.717) is 30.0 Å². The molecule has 5 aromatic rings. The predicted octanol–water partition coefficient (Wildman–Crippen LogP) is 3.10. The molecule has 0 aliphatic rings.